The van der Waals surface area contributed by atoms with Gasteiger partial charge in [0.05, 0.1) is 28.3 Å². The Morgan fingerprint density at radius 1 is 1.43 bits per heavy atom. The minimum absolute atomic E-state index is 0.0381. The number of allylic oxidation sites excluding steroid dienone is 1. The van der Waals surface area contributed by atoms with E-state index in [9.17, 15) is 10.1 Å². The molecular weight excluding hydrogens is 402 g/mol. The van der Waals surface area contributed by atoms with Crippen molar-refractivity contribution in [1.29, 1.82) is 5.26 Å². The molecule has 3 N–H and O–H groups in total. The average Bonchev–Trinajstić information content (AvgIpc) is 2.72. The van der Waals surface area contributed by atoms with E-state index in [1.807, 2.05) is 25.1 Å². The summed E-state index contributed by atoms with van der Waals surface area (Å²) < 4.78 is 1.50. The van der Waals surface area contributed by atoms with Crippen LogP contribution in [0.25, 0.3) is 16.6 Å². The number of halogens is 1. The predicted octanol–water partition coefficient (Wildman–Crippen LogP) is 3.98. The molecule has 1 aromatic carbocycles. The molecule has 1 atom stereocenters. The van der Waals surface area contributed by atoms with Crippen LogP contribution in [0, 0.1) is 11.3 Å². The smallest absolute Gasteiger partial charge is 0.265 e. The van der Waals surface area contributed by atoms with Crippen LogP contribution in [0.1, 0.15) is 38.1 Å². The molecule has 9 heteroatoms. The zero-order chi connectivity index (χ0) is 21.8. The molecule has 0 saturated heterocycles. The molecule has 0 bridgehead atoms. The van der Waals surface area contributed by atoms with Gasteiger partial charge in [0.2, 0.25) is 5.95 Å². The molecule has 0 spiro atoms. The number of rotatable bonds is 5. The summed E-state index contributed by atoms with van der Waals surface area (Å²) in [6.45, 7) is 5.42. The molecule has 0 aliphatic rings. The third-order valence-corrected chi connectivity index (χ3v) is 4.81. The van der Waals surface area contributed by atoms with Gasteiger partial charge in [0.25, 0.3) is 5.56 Å². The first kappa shape index (κ1) is 21.0. The Morgan fingerprint density at radius 2 is 2.20 bits per heavy atom. The number of anilines is 2. The van der Waals surface area contributed by atoms with Crippen molar-refractivity contribution in [2.24, 2.45) is 4.99 Å². The third kappa shape index (κ3) is 3.88. The average molecular weight is 422 g/mol. The second-order valence-electron chi connectivity index (χ2n) is 6.42. The Bertz CT molecular complexity index is 1270. The number of hydrogen-bond acceptors (Lipinski definition) is 7. The van der Waals surface area contributed by atoms with Gasteiger partial charge in [0.1, 0.15) is 23.3 Å². The summed E-state index contributed by atoms with van der Waals surface area (Å²) in [5.41, 5.74) is 6.25. The predicted molar refractivity (Wildman–Crippen MR) is 121 cm³/mol. The Morgan fingerprint density at radius 3 is 2.87 bits per heavy atom. The molecule has 2 aromatic heterocycles. The molecule has 3 aromatic rings. The van der Waals surface area contributed by atoms with Crippen molar-refractivity contribution in [3.8, 4) is 6.07 Å². The molecule has 0 amide bonds. The highest BCUT2D eigenvalue weighted by molar-refractivity contribution is 6.35. The maximum Gasteiger partial charge on any atom is 0.265 e. The highest BCUT2D eigenvalue weighted by Crippen LogP contribution is 2.27. The second-order valence-corrected chi connectivity index (χ2v) is 6.82. The van der Waals surface area contributed by atoms with Gasteiger partial charge < -0.3 is 11.1 Å². The van der Waals surface area contributed by atoms with Crippen molar-refractivity contribution in [2.45, 2.75) is 26.8 Å². The molecule has 0 saturated carbocycles. The molecular formula is C21H20ClN7O. The normalized spacial score (nSPS) is 12.8. The summed E-state index contributed by atoms with van der Waals surface area (Å²) in [5, 5.41) is 14.0. The molecule has 8 nitrogen and oxygen atoms in total. The van der Waals surface area contributed by atoms with E-state index in [0.717, 1.165) is 0 Å². The molecule has 1 unspecified atom stereocenters. The van der Waals surface area contributed by atoms with E-state index in [1.54, 1.807) is 38.3 Å². The number of nitrogen functional groups attached to an aromatic ring is 1. The third-order valence-electron chi connectivity index (χ3n) is 4.50. The Kier molecular flexibility index (Phi) is 6.14. The molecule has 3 rings (SSSR count). The van der Waals surface area contributed by atoms with Gasteiger partial charge in [0, 0.05) is 6.21 Å². The van der Waals surface area contributed by atoms with E-state index >= 15 is 0 Å². The van der Waals surface area contributed by atoms with Gasteiger partial charge in [-0.1, -0.05) is 23.7 Å². The summed E-state index contributed by atoms with van der Waals surface area (Å²) in [7, 11) is 0. The highest BCUT2D eigenvalue weighted by Gasteiger charge is 2.20. The maximum atomic E-state index is 13.4. The van der Waals surface area contributed by atoms with Crippen LogP contribution in [0.3, 0.4) is 0 Å². The van der Waals surface area contributed by atoms with Gasteiger partial charge >= 0.3 is 0 Å². The van der Waals surface area contributed by atoms with Gasteiger partial charge in [-0.05, 0) is 44.4 Å². The minimum atomic E-state index is -0.426. The van der Waals surface area contributed by atoms with Crippen molar-refractivity contribution < 1.29 is 0 Å². The van der Waals surface area contributed by atoms with E-state index in [0.29, 0.717) is 27.3 Å². The van der Waals surface area contributed by atoms with E-state index in [2.05, 4.69) is 20.3 Å². The highest BCUT2D eigenvalue weighted by atomic mass is 35.5. The number of aromatic nitrogens is 3. The molecule has 152 valence electrons. The molecule has 0 fully saturated rings. The number of nitrogens with two attached hydrogens (primary N) is 1. The minimum Gasteiger partial charge on any atom is -0.368 e. The number of pyridine rings is 1. The van der Waals surface area contributed by atoms with Crippen LogP contribution in [0.5, 0.6) is 0 Å². The van der Waals surface area contributed by atoms with Gasteiger partial charge in [-0.2, -0.15) is 10.2 Å². The lowest BCUT2D eigenvalue weighted by Gasteiger charge is -2.22. The van der Waals surface area contributed by atoms with Crippen LogP contribution in [-0.2, 0) is 0 Å². The SMILES string of the molecule is CC=NC(=CC)n1c(C(C)Nc2nc(N)ncc2C#N)cc2cccc(Cl)c2c1=O. The quantitative estimate of drug-likeness (QED) is 0.600. The number of nitrogens with zero attached hydrogens (tertiary/aromatic N) is 5. The summed E-state index contributed by atoms with van der Waals surface area (Å²) in [6, 6.07) is 8.76. The summed E-state index contributed by atoms with van der Waals surface area (Å²) in [6.07, 6.45) is 4.70. The number of nitriles is 1. The number of fused-ring (bicyclic) bond motifs is 1. The van der Waals surface area contributed by atoms with Crippen LogP contribution in [0.15, 0.2) is 46.3 Å². The maximum absolute atomic E-state index is 13.4. The zero-order valence-corrected chi connectivity index (χ0v) is 17.5. The number of benzene rings is 1. The van der Waals surface area contributed by atoms with Crippen molar-refractivity contribution >= 4 is 46.2 Å². The number of aliphatic imine (C=N–C) groups is 1. The first-order chi connectivity index (χ1) is 14.4. The Balaban J connectivity index is 2.25. The van der Waals surface area contributed by atoms with Crippen molar-refractivity contribution in [1.82, 2.24) is 14.5 Å². The lowest BCUT2D eigenvalue weighted by Crippen LogP contribution is -2.26. The lowest BCUT2D eigenvalue weighted by molar-refractivity contribution is 0.775. The van der Waals surface area contributed by atoms with Gasteiger partial charge in [-0.3, -0.25) is 9.36 Å². The fraction of sp³-hybridized carbons (Fsp3) is 0.190. The van der Waals surface area contributed by atoms with E-state index in [4.69, 9.17) is 17.3 Å². The standard InChI is InChI=1S/C21H20ClN7O/c1-4-17(25-5-2)29-16(9-13-7-6-8-15(22)18(13)20(29)30)12(3)27-19-14(10-23)11-26-21(24)28-19/h4-9,11-12H,1-3H3,(H3,24,26,27,28). The lowest BCUT2D eigenvalue weighted by atomic mass is 10.1. The van der Waals surface area contributed by atoms with E-state index in [1.165, 1.54) is 10.8 Å². The van der Waals surface area contributed by atoms with Crippen molar-refractivity contribution in [2.75, 3.05) is 11.1 Å². The number of nitrogens with one attached hydrogen (secondary N) is 1. The van der Waals surface area contributed by atoms with Gasteiger partial charge in [-0.25, -0.2) is 9.98 Å². The first-order valence-corrected chi connectivity index (χ1v) is 9.57. The van der Waals surface area contributed by atoms with Crippen LogP contribution >= 0.6 is 11.6 Å². The topological polar surface area (TPSA) is 122 Å². The fourth-order valence-corrected chi connectivity index (χ4v) is 3.42. The van der Waals surface area contributed by atoms with E-state index in [-0.39, 0.29) is 22.9 Å². The fourth-order valence-electron chi connectivity index (χ4n) is 3.15. The monoisotopic (exact) mass is 421 g/mol. The van der Waals surface area contributed by atoms with Crippen LogP contribution in [0.2, 0.25) is 5.02 Å². The van der Waals surface area contributed by atoms with E-state index < -0.39 is 6.04 Å². The first-order valence-electron chi connectivity index (χ1n) is 9.20. The molecule has 30 heavy (non-hydrogen) atoms. The Labute approximate surface area is 178 Å². The molecule has 0 aliphatic carbocycles. The van der Waals surface area contributed by atoms with Crippen LogP contribution < -0.4 is 16.6 Å². The molecule has 0 radical (unpaired) electrons. The summed E-state index contributed by atoms with van der Waals surface area (Å²) in [5.74, 6) is 0.774. The zero-order valence-electron chi connectivity index (χ0n) is 16.7. The molecule has 2 heterocycles. The van der Waals surface area contributed by atoms with Gasteiger partial charge in [-0.15, -0.1) is 0 Å². The number of hydrogen-bond donors (Lipinski definition) is 2. The van der Waals surface area contributed by atoms with Crippen LogP contribution in [0.4, 0.5) is 11.8 Å². The van der Waals surface area contributed by atoms with Crippen LogP contribution in [-0.4, -0.2) is 20.7 Å². The summed E-state index contributed by atoms with van der Waals surface area (Å²) >= 11 is 6.32. The summed E-state index contributed by atoms with van der Waals surface area (Å²) in [4.78, 5) is 25.7. The largest absolute Gasteiger partial charge is 0.368 e. The van der Waals surface area contributed by atoms with Crippen molar-refractivity contribution in [3.05, 3.63) is 63.2 Å². The second kappa shape index (κ2) is 8.76. The Hall–Kier alpha value is -3.70. The van der Waals surface area contributed by atoms with Crippen molar-refractivity contribution in [3.63, 3.8) is 0 Å². The molecule has 0 aliphatic heterocycles. The van der Waals surface area contributed by atoms with Gasteiger partial charge in [0.15, 0.2) is 0 Å².